The van der Waals surface area contributed by atoms with E-state index < -0.39 is 10.0 Å². The molecule has 2 N–H and O–H groups in total. The summed E-state index contributed by atoms with van der Waals surface area (Å²) < 4.78 is 27.6. The van der Waals surface area contributed by atoms with Crippen LogP contribution in [0.2, 0.25) is 0 Å². The lowest BCUT2D eigenvalue weighted by Gasteiger charge is -2.19. The van der Waals surface area contributed by atoms with E-state index in [2.05, 4.69) is 26.9 Å². The highest BCUT2D eigenvalue weighted by Gasteiger charge is 2.20. The van der Waals surface area contributed by atoms with Crippen molar-refractivity contribution in [1.82, 2.24) is 9.62 Å². The van der Waals surface area contributed by atoms with Crippen LogP contribution >= 0.6 is 0 Å². The van der Waals surface area contributed by atoms with Gasteiger partial charge in [-0.15, -0.1) is 0 Å². The lowest BCUT2D eigenvalue weighted by molar-refractivity contribution is -0.117. The zero-order valence-corrected chi connectivity index (χ0v) is 18.0. The number of nitrogens with one attached hydrogen (secondary N) is 2. The van der Waals surface area contributed by atoms with Crippen LogP contribution in [0.5, 0.6) is 0 Å². The number of hydrogen-bond donors (Lipinski definition) is 2. The molecule has 1 aromatic carbocycles. The molecule has 1 atom stereocenters. The number of likely N-dealkylation sites (tertiary alicyclic amines) is 1. The molecule has 160 valence electrons. The Morgan fingerprint density at radius 2 is 2.10 bits per heavy atom. The van der Waals surface area contributed by atoms with Gasteiger partial charge in [0.15, 0.2) is 0 Å². The van der Waals surface area contributed by atoms with E-state index in [9.17, 15) is 13.2 Å². The molecule has 0 radical (unpaired) electrons. The zero-order chi connectivity index (χ0) is 20.7. The largest absolute Gasteiger partial charge is 0.325 e. The van der Waals surface area contributed by atoms with Crippen LogP contribution in [0.1, 0.15) is 51.9 Å². The molecule has 1 amide bonds. The first-order chi connectivity index (χ1) is 14.0. The second-order valence-electron chi connectivity index (χ2n) is 7.98. The number of anilines is 1. The van der Waals surface area contributed by atoms with Crippen LogP contribution in [0.4, 0.5) is 5.69 Å². The molecular formula is C21H32N4O3S. The number of nitrogens with zero attached hydrogens (tertiary/aromatic N) is 2. The summed E-state index contributed by atoms with van der Waals surface area (Å²) in [6, 6.07) is 6.37. The summed E-state index contributed by atoms with van der Waals surface area (Å²) in [6.45, 7) is 5.10. The standard InChI is InChI=1S/C21H32N4O3S/c1-2-6-17-7-5-13-25(14-11-17)16-21(26)23-18-8-3-9-19(15-18)29(27,28)24-20-10-4-12-22-20/h3,8-9,15,17H,2,4-7,10-14,16H2,1H3,(H,22,24)(H,23,26). The van der Waals surface area contributed by atoms with E-state index in [1.165, 1.54) is 31.4 Å². The highest BCUT2D eigenvalue weighted by atomic mass is 32.2. The Bertz CT molecular complexity index is 838. The van der Waals surface area contributed by atoms with Crippen molar-refractivity contribution in [2.75, 3.05) is 31.5 Å². The fourth-order valence-electron chi connectivity index (χ4n) is 4.06. The van der Waals surface area contributed by atoms with Gasteiger partial charge in [0.25, 0.3) is 10.0 Å². The molecule has 2 aliphatic heterocycles. The van der Waals surface area contributed by atoms with Gasteiger partial charge in [0.2, 0.25) is 5.91 Å². The summed E-state index contributed by atoms with van der Waals surface area (Å²) in [5.41, 5.74) is 0.491. The average Bonchev–Trinajstić information content (AvgIpc) is 3.08. The molecule has 8 heteroatoms. The summed E-state index contributed by atoms with van der Waals surface area (Å²) in [4.78, 5) is 19.0. The number of aliphatic imine (C=N–C) groups is 1. The van der Waals surface area contributed by atoms with E-state index in [4.69, 9.17) is 0 Å². The molecule has 1 saturated heterocycles. The van der Waals surface area contributed by atoms with Crippen molar-refractivity contribution in [2.24, 2.45) is 10.9 Å². The Morgan fingerprint density at radius 1 is 1.24 bits per heavy atom. The maximum atomic E-state index is 12.6. The fourth-order valence-corrected chi connectivity index (χ4v) is 5.20. The first kappa shape index (κ1) is 21.8. The number of amidine groups is 1. The van der Waals surface area contributed by atoms with Crippen molar-refractivity contribution in [2.45, 2.75) is 56.8 Å². The minimum Gasteiger partial charge on any atom is -0.325 e. The Hall–Kier alpha value is -1.93. The maximum Gasteiger partial charge on any atom is 0.262 e. The van der Waals surface area contributed by atoms with Crippen LogP contribution in [-0.2, 0) is 14.8 Å². The molecule has 2 heterocycles. The van der Waals surface area contributed by atoms with Crippen LogP contribution in [0, 0.1) is 5.92 Å². The van der Waals surface area contributed by atoms with Crippen molar-refractivity contribution in [1.29, 1.82) is 0 Å². The third-order valence-corrected chi connectivity index (χ3v) is 6.94. The molecule has 2 aliphatic rings. The van der Waals surface area contributed by atoms with Crippen molar-refractivity contribution < 1.29 is 13.2 Å². The predicted octanol–water partition coefficient (Wildman–Crippen LogP) is 3.00. The van der Waals surface area contributed by atoms with E-state index in [-0.39, 0.29) is 10.8 Å². The predicted molar refractivity (Wildman–Crippen MR) is 116 cm³/mol. The molecule has 29 heavy (non-hydrogen) atoms. The molecule has 0 bridgehead atoms. The SMILES string of the molecule is CCCC1CCCN(CC(=O)Nc2cccc(S(=O)(=O)NC3=NCCC3)c2)CC1. The Morgan fingerprint density at radius 3 is 2.86 bits per heavy atom. The summed E-state index contributed by atoms with van der Waals surface area (Å²) in [5.74, 6) is 1.16. The molecule has 3 rings (SSSR count). The number of rotatable bonds is 7. The van der Waals surface area contributed by atoms with E-state index >= 15 is 0 Å². The summed E-state index contributed by atoms with van der Waals surface area (Å²) in [7, 11) is -3.69. The molecule has 0 aliphatic carbocycles. The van der Waals surface area contributed by atoms with E-state index in [1.807, 2.05) is 0 Å². The first-order valence-electron chi connectivity index (χ1n) is 10.6. The number of hydrogen-bond acceptors (Lipinski definition) is 5. The van der Waals surface area contributed by atoms with Crippen LogP contribution < -0.4 is 10.0 Å². The second kappa shape index (κ2) is 10.2. The van der Waals surface area contributed by atoms with Gasteiger partial charge in [-0.05, 0) is 62.9 Å². The summed E-state index contributed by atoms with van der Waals surface area (Å²) in [5, 5.41) is 2.85. The van der Waals surface area contributed by atoms with Gasteiger partial charge in [-0.1, -0.05) is 25.8 Å². The number of carbonyl (C=O) groups is 1. The maximum absolute atomic E-state index is 12.6. The number of benzene rings is 1. The lowest BCUT2D eigenvalue weighted by Crippen LogP contribution is -2.34. The van der Waals surface area contributed by atoms with Crippen molar-refractivity contribution in [3.8, 4) is 0 Å². The molecule has 1 fully saturated rings. The monoisotopic (exact) mass is 420 g/mol. The third-order valence-electron chi connectivity index (χ3n) is 5.56. The third kappa shape index (κ3) is 6.54. The molecule has 1 unspecified atom stereocenters. The molecular weight excluding hydrogens is 388 g/mol. The number of carbonyl (C=O) groups excluding carboxylic acids is 1. The zero-order valence-electron chi connectivity index (χ0n) is 17.2. The van der Waals surface area contributed by atoms with Crippen LogP contribution in [0.15, 0.2) is 34.2 Å². The molecule has 0 spiro atoms. The van der Waals surface area contributed by atoms with Crippen LogP contribution in [0.25, 0.3) is 0 Å². The van der Waals surface area contributed by atoms with Gasteiger partial charge in [0.1, 0.15) is 5.84 Å². The first-order valence-corrected chi connectivity index (χ1v) is 12.1. The summed E-state index contributed by atoms with van der Waals surface area (Å²) in [6.07, 6.45) is 7.50. The average molecular weight is 421 g/mol. The highest BCUT2D eigenvalue weighted by Crippen LogP contribution is 2.22. The quantitative estimate of drug-likeness (QED) is 0.709. The second-order valence-corrected chi connectivity index (χ2v) is 9.66. The smallest absolute Gasteiger partial charge is 0.262 e. The van der Waals surface area contributed by atoms with Gasteiger partial charge in [0, 0.05) is 18.7 Å². The van der Waals surface area contributed by atoms with Crippen molar-refractivity contribution >= 4 is 27.5 Å². The molecule has 1 aromatic rings. The van der Waals surface area contributed by atoms with E-state index in [1.54, 1.807) is 12.1 Å². The van der Waals surface area contributed by atoms with Gasteiger partial charge in [-0.2, -0.15) is 0 Å². The molecule has 7 nitrogen and oxygen atoms in total. The minimum atomic E-state index is -3.69. The van der Waals surface area contributed by atoms with Crippen molar-refractivity contribution in [3.05, 3.63) is 24.3 Å². The van der Waals surface area contributed by atoms with Crippen LogP contribution in [0.3, 0.4) is 0 Å². The van der Waals surface area contributed by atoms with Gasteiger partial charge in [0.05, 0.1) is 11.4 Å². The topological polar surface area (TPSA) is 90.9 Å². The normalized spacial score (nSPS) is 20.7. The van der Waals surface area contributed by atoms with Gasteiger partial charge < -0.3 is 5.32 Å². The number of sulfonamides is 1. The molecule has 0 aromatic heterocycles. The van der Waals surface area contributed by atoms with E-state index in [0.29, 0.717) is 31.0 Å². The number of amides is 1. The van der Waals surface area contributed by atoms with Gasteiger partial charge in [-0.3, -0.25) is 19.4 Å². The summed E-state index contributed by atoms with van der Waals surface area (Å²) >= 11 is 0. The van der Waals surface area contributed by atoms with Crippen LogP contribution in [-0.4, -0.2) is 51.2 Å². The van der Waals surface area contributed by atoms with Crippen molar-refractivity contribution in [3.63, 3.8) is 0 Å². The Labute approximate surface area is 174 Å². The van der Waals surface area contributed by atoms with Gasteiger partial charge >= 0.3 is 0 Å². The van der Waals surface area contributed by atoms with E-state index in [0.717, 1.165) is 38.3 Å². The lowest BCUT2D eigenvalue weighted by atomic mass is 9.96. The highest BCUT2D eigenvalue weighted by molar-refractivity contribution is 7.90. The molecule has 0 saturated carbocycles. The fraction of sp³-hybridized carbons (Fsp3) is 0.619. The Balaban J connectivity index is 1.56. The Kier molecular flexibility index (Phi) is 7.66. The van der Waals surface area contributed by atoms with Gasteiger partial charge in [-0.25, -0.2) is 8.42 Å². The minimum absolute atomic E-state index is 0.110.